The van der Waals surface area contributed by atoms with Gasteiger partial charge >= 0.3 is 0 Å². The van der Waals surface area contributed by atoms with Crippen LogP contribution < -0.4 is 0 Å². The minimum absolute atomic E-state index is 0.647. The van der Waals surface area contributed by atoms with Crippen LogP contribution in [0.1, 0.15) is 44.9 Å². The fraction of sp³-hybridized carbons (Fsp3) is 0.800. The van der Waals surface area contributed by atoms with Crippen LogP contribution in [0.5, 0.6) is 0 Å². The lowest BCUT2D eigenvalue weighted by Crippen LogP contribution is -1.92. The van der Waals surface area contributed by atoms with Crippen LogP contribution in [-0.2, 0) is 13.5 Å². The molecule has 1 aromatic rings. The van der Waals surface area contributed by atoms with Crippen molar-refractivity contribution < 1.29 is 0 Å². The Labute approximate surface area is 90.5 Å². The molecule has 14 heavy (non-hydrogen) atoms. The summed E-state index contributed by atoms with van der Waals surface area (Å²) in [5, 5.41) is 3.14. The number of aryl methyl sites for hydroxylation is 2. The topological polar surface area (TPSA) is 33.6 Å². The molecule has 0 radical (unpaired) electrons. The summed E-state index contributed by atoms with van der Waals surface area (Å²) in [6.07, 6.45) is 7.51. The van der Waals surface area contributed by atoms with Gasteiger partial charge in [0, 0.05) is 13.5 Å². The van der Waals surface area contributed by atoms with Crippen molar-refractivity contribution in [1.82, 2.24) is 14.8 Å². The van der Waals surface area contributed by atoms with E-state index in [2.05, 4.69) is 17.0 Å². The van der Waals surface area contributed by atoms with Crippen LogP contribution in [0.2, 0.25) is 0 Å². The van der Waals surface area contributed by atoms with Crippen molar-refractivity contribution in [3.8, 4) is 0 Å². The first kappa shape index (κ1) is 11.4. The Morgan fingerprint density at radius 2 is 2.00 bits per heavy atom. The fourth-order valence-corrected chi connectivity index (χ4v) is 1.62. The second kappa shape index (κ2) is 5.96. The lowest BCUT2D eigenvalue weighted by Gasteiger charge is -1.97. The van der Waals surface area contributed by atoms with Crippen LogP contribution in [0, 0.1) is 4.77 Å². The van der Waals surface area contributed by atoms with Gasteiger partial charge < -0.3 is 0 Å². The van der Waals surface area contributed by atoms with Gasteiger partial charge in [-0.15, -0.1) is 0 Å². The average Bonchev–Trinajstić information content (AvgIpc) is 2.46. The van der Waals surface area contributed by atoms with Crippen molar-refractivity contribution in [2.75, 3.05) is 0 Å². The largest absolute Gasteiger partial charge is 0.283 e. The molecule has 3 nitrogen and oxygen atoms in total. The normalized spacial score (nSPS) is 10.7. The molecule has 0 saturated heterocycles. The Hall–Kier alpha value is -0.640. The minimum atomic E-state index is 0.647. The van der Waals surface area contributed by atoms with Crippen LogP contribution >= 0.6 is 12.2 Å². The molecule has 1 aromatic heterocycles. The van der Waals surface area contributed by atoms with E-state index < -0.39 is 0 Å². The monoisotopic (exact) mass is 213 g/mol. The van der Waals surface area contributed by atoms with Crippen molar-refractivity contribution in [1.29, 1.82) is 0 Å². The third-order valence-electron chi connectivity index (χ3n) is 2.33. The first-order chi connectivity index (χ1) is 6.74. The molecular weight excluding hydrogens is 194 g/mol. The molecule has 0 bridgehead atoms. The number of H-pyrrole nitrogens is 1. The highest BCUT2D eigenvalue weighted by atomic mass is 32.1. The minimum Gasteiger partial charge on any atom is -0.283 e. The third-order valence-corrected chi connectivity index (χ3v) is 2.70. The first-order valence-electron chi connectivity index (χ1n) is 5.36. The van der Waals surface area contributed by atoms with Crippen molar-refractivity contribution in [2.24, 2.45) is 7.05 Å². The van der Waals surface area contributed by atoms with E-state index >= 15 is 0 Å². The average molecular weight is 213 g/mol. The van der Waals surface area contributed by atoms with Gasteiger partial charge in [0.15, 0.2) is 0 Å². The predicted molar refractivity (Wildman–Crippen MR) is 60.9 cm³/mol. The van der Waals surface area contributed by atoms with E-state index in [1.54, 1.807) is 4.68 Å². The number of unbranched alkanes of at least 4 members (excludes halogenated alkanes) is 4. The van der Waals surface area contributed by atoms with E-state index in [9.17, 15) is 0 Å². The predicted octanol–water partition coefficient (Wildman–Crippen LogP) is 2.99. The van der Waals surface area contributed by atoms with Gasteiger partial charge in [0.05, 0.1) is 0 Å². The Balaban J connectivity index is 2.21. The van der Waals surface area contributed by atoms with Crippen LogP contribution in [0.25, 0.3) is 0 Å². The Morgan fingerprint density at radius 3 is 2.57 bits per heavy atom. The lowest BCUT2D eigenvalue weighted by atomic mass is 10.1. The maximum absolute atomic E-state index is 5.02. The zero-order valence-corrected chi connectivity index (χ0v) is 9.86. The zero-order chi connectivity index (χ0) is 10.4. The van der Waals surface area contributed by atoms with Gasteiger partial charge in [-0.2, -0.15) is 0 Å². The summed E-state index contributed by atoms with van der Waals surface area (Å²) in [4.78, 5) is 4.25. The molecule has 0 fully saturated rings. The van der Waals surface area contributed by atoms with E-state index in [1.165, 1.54) is 32.1 Å². The van der Waals surface area contributed by atoms with Crippen LogP contribution in [0.3, 0.4) is 0 Å². The SMILES string of the molecule is CCCCCCCc1nc(=S)n(C)[nH]1. The molecule has 0 aliphatic rings. The van der Waals surface area contributed by atoms with Crippen molar-refractivity contribution >= 4 is 12.2 Å². The van der Waals surface area contributed by atoms with E-state index in [-0.39, 0.29) is 0 Å². The number of hydrogen-bond acceptors (Lipinski definition) is 2. The van der Waals surface area contributed by atoms with Crippen LogP contribution in [0.15, 0.2) is 0 Å². The fourth-order valence-electron chi connectivity index (χ4n) is 1.46. The summed E-state index contributed by atoms with van der Waals surface area (Å²) in [6, 6.07) is 0. The van der Waals surface area contributed by atoms with Gasteiger partial charge in [-0.3, -0.25) is 9.78 Å². The molecular formula is C10H19N3S. The summed E-state index contributed by atoms with van der Waals surface area (Å²) in [7, 11) is 1.90. The highest BCUT2D eigenvalue weighted by molar-refractivity contribution is 7.71. The second-order valence-corrected chi connectivity index (χ2v) is 4.04. The summed E-state index contributed by atoms with van der Waals surface area (Å²) in [5.74, 6) is 1.02. The van der Waals surface area contributed by atoms with E-state index in [1.807, 2.05) is 7.05 Å². The third kappa shape index (κ3) is 3.62. The Bertz CT molecular complexity index is 313. The molecule has 0 unspecified atom stereocenters. The van der Waals surface area contributed by atoms with E-state index in [4.69, 9.17) is 12.2 Å². The second-order valence-electron chi connectivity index (χ2n) is 3.68. The Kier molecular flexibility index (Phi) is 4.87. The molecule has 1 rings (SSSR count). The molecule has 4 heteroatoms. The molecule has 0 amide bonds. The highest BCUT2D eigenvalue weighted by Crippen LogP contribution is 2.05. The van der Waals surface area contributed by atoms with Gasteiger partial charge in [0.1, 0.15) is 5.82 Å². The summed E-state index contributed by atoms with van der Waals surface area (Å²) >= 11 is 5.02. The Morgan fingerprint density at radius 1 is 1.29 bits per heavy atom. The molecule has 0 saturated carbocycles. The number of aromatic nitrogens is 3. The molecule has 1 heterocycles. The van der Waals surface area contributed by atoms with E-state index in [0.717, 1.165) is 12.2 Å². The number of nitrogens with zero attached hydrogens (tertiary/aromatic N) is 2. The summed E-state index contributed by atoms with van der Waals surface area (Å²) in [5.41, 5.74) is 0. The smallest absolute Gasteiger partial charge is 0.215 e. The quantitative estimate of drug-likeness (QED) is 0.582. The number of rotatable bonds is 6. The number of aromatic amines is 1. The van der Waals surface area contributed by atoms with Crippen molar-refractivity contribution in [3.63, 3.8) is 0 Å². The number of nitrogens with one attached hydrogen (secondary N) is 1. The molecule has 0 aliphatic heterocycles. The van der Waals surface area contributed by atoms with Crippen molar-refractivity contribution in [3.05, 3.63) is 10.6 Å². The maximum Gasteiger partial charge on any atom is 0.215 e. The number of hydrogen-bond donors (Lipinski definition) is 1. The standard InChI is InChI=1S/C10H19N3S/c1-3-4-5-6-7-8-9-11-10(14)13(2)12-9/h3-8H2,1-2H3,(H,11,12,14). The van der Waals surface area contributed by atoms with Gasteiger partial charge in [-0.1, -0.05) is 32.6 Å². The molecule has 0 atom stereocenters. The zero-order valence-electron chi connectivity index (χ0n) is 9.05. The molecule has 0 aromatic carbocycles. The summed E-state index contributed by atoms with van der Waals surface area (Å²) in [6.45, 7) is 2.23. The maximum atomic E-state index is 5.02. The van der Waals surface area contributed by atoms with Gasteiger partial charge in [-0.05, 0) is 18.6 Å². The summed E-state index contributed by atoms with van der Waals surface area (Å²) < 4.78 is 2.44. The first-order valence-corrected chi connectivity index (χ1v) is 5.76. The van der Waals surface area contributed by atoms with Gasteiger partial charge in [0.25, 0.3) is 0 Å². The molecule has 80 valence electrons. The van der Waals surface area contributed by atoms with Crippen LogP contribution in [0.4, 0.5) is 0 Å². The molecule has 1 N–H and O–H groups in total. The molecule has 0 aliphatic carbocycles. The van der Waals surface area contributed by atoms with Crippen molar-refractivity contribution in [2.45, 2.75) is 45.4 Å². The van der Waals surface area contributed by atoms with E-state index in [0.29, 0.717) is 4.77 Å². The molecule has 0 spiro atoms. The van der Waals surface area contributed by atoms with Gasteiger partial charge in [-0.25, -0.2) is 4.98 Å². The van der Waals surface area contributed by atoms with Crippen LogP contribution in [-0.4, -0.2) is 14.8 Å². The van der Waals surface area contributed by atoms with Gasteiger partial charge in [0.2, 0.25) is 4.77 Å². The highest BCUT2D eigenvalue weighted by Gasteiger charge is 1.98. The lowest BCUT2D eigenvalue weighted by molar-refractivity contribution is 0.619.